The fourth-order valence-electron chi connectivity index (χ4n) is 1.77. The van der Waals surface area contributed by atoms with Gasteiger partial charge in [0, 0.05) is 11.6 Å². The van der Waals surface area contributed by atoms with E-state index in [0.29, 0.717) is 0 Å². The van der Waals surface area contributed by atoms with Gasteiger partial charge in [-0.2, -0.15) is 0 Å². The quantitative estimate of drug-likeness (QED) is 0.468. The zero-order chi connectivity index (χ0) is 9.03. The van der Waals surface area contributed by atoms with Gasteiger partial charge in [0.1, 0.15) is 5.60 Å². The second-order valence-electron chi connectivity index (χ2n) is 3.70. The second kappa shape index (κ2) is 4.13. The van der Waals surface area contributed by atoms with Crippen molar-refractivity contribution in [1.29, 1.82) is 0 Å². The van der Waals surface area contributed by atoms with Gasteiger partial charge in [0.25, 0.3) is 0 Å². The van der Waals surface area contributed by atoms with Crippen LogP contribution in [0.1, 0.15) is 45.4 Å². The lowest BCUT2D eigenvalue weighted by atomic mass is 9.97. The normalized spacial score (nSPS) is 22.8. The maximum Gasteiger partial charge on any atom is 0.404 e. The Morgan fingerprint density at radius 3 is 2.17 bits per heavy atom. The number of halogens is 1. The Morgan fingerprint density at radius 2 is 1.75 bits per heavy atom. The first-order valence-electron chi connectivity index (χ1n) is 4.51. The highest BCUT2D eigenvalue weighted by Crippen LogP contribution is 2.30. The minimum Gasteiger partial charge on any atom is -0.447 e. The van der Waals surface area contributed by atoms with Gasteiger partial charge in [-0.05, 0) is 32.6 Å². The molecule has 1 aliphatic carbocycles. The minimum absolute atomic E-state index is 0.296. The highest BCUT2D eigenvalue weighted by atomic mass is 35.5. The number of rotatable bonds is 1. The van der Waals surface area contributed by atoms with E-state index in [1.54, 1.807) is 0 Å². The topological polar surface area (TPSA) is 26.3 Å². The monoisotopic (exact) mass is 190 g/mol. The molecule has 2 nitrogen and oxygen atoms in total. The van der Waals surface area contributed by atoms with Crippen LogP contribution >= 0.6 is 11.6 Å². The fraction of sp³-hybridized carbons (Fsp3) is 0.889. The van der Waals surface area contributed by atoms with Gasteiger partial charge in [0.05, 0.1) is 0 Å². The Hall–Kier alpha value is -0.240. The van der Waals surface area contributed by atoms with Gasteiger partial charge >= 0.3 is 5.43 Å². The van der Waals surface area contributed by atoms with Gasteiger partial charge < -0.3 is 4.74 Å². The second-order valence-corrected chi connectivity index (χ2v) is 4.01. The number of hydrogen-bond donors (Lipinski definition) is 0. The molecule has 0 bridgehead atoms. The van der Waals surface area contributed by atoms with Crippen LogP contribution in [0.3, 0.4) is 0 Å². The highest BCUT2D eigenvalue weighted by Gasteiger charge is 2.28. The molecular formula is C9H15ClO2. The van der Waals surface area contributed by atoms with Crippen LogP contribution in [0, 0.1) is 0 Å². The lowest BCUT2D eigenvalue weighted by molar-refractivity contribution is 0.0296. The highest BCUT2D eigenvalue weighted by molar-refractivity contribution is 6.61. The van der Waals surface area contributed by atoms with Crippen LogP contribution in [0.25, 0.3) is 0 Å². The largest absolute Gasteiger partial charge is 0.447 e. The molecule has 3 heteroatoms. The van der Waals surface area contributed by atoms with Gasteiger partial charge in [0.2, 0.25) is 0 Å². The zero-order valence-corrected chi connectivity index (χ0v) is 8.19. The standard InChI is InChI=1S/C9H15ClO2/c1-9(12-8(10)11)6-4-2-3-5-7-9/h2-7H2,1H3. The van der Waals surface area contributed by atoms with E-state index in [1.807, 2.05) is 6.92 Å². The third kappa shape index (κ3) is 3.02. The van der Waals surface area contributed by atoms with Crippen LogP contribution in [0.4, 0.5) is 4.79 Å². The molecule has 0 aromatic carbocycles. The molecular weight excluding hydrogens is 176 g/mol. The smallest absolute Gasteiger partial charge is 0.404 e. The van der Waals surface area contributed by atoms with Gasteiger partial charge in [-0.25, -0.2) is 4.79 Å². The molecule has 1 aliphatic rings. The lowest BCUT2D eigenvalue weighted by Gasteiger charge is -2.26. The molecule has 0 N–H and O–H groups in total. The summed E-state index contributed by atoms with van der Waals surface area (Å²) >= 11 is 5.19. The van der Waals surface area contributed by atoms with E-state index in [2.05, 4.69) is 0 Å². The fourth-order valence-corrected chi connectivity index (χ4v) is 1.96. The van der Waals surface area contributed by atoms with Crippen molar-refractivity contribution in [2.75, 3.05) is 0 Å². The summed E-state index contributed by atoms with van der Waals surface area (Å²) < 4.78 is 5.09. The van der Waals surface area contributed by atoms with E-state index in [1.165, 1.54) is 12.8 Å². The van der Waals surface area contributed by atoms with Crippen LogP contribution in [0.2, 0.25) is 0 Å². The average molecular weight is 191 g/mol. The van der Waals surface area contributed by atoms with Crippen molar-refractivity contribution in [3.63, 3.8) is 0 Å². The summed E-state index contributed by atoms with van der Waals surface area (Å²) in [5.41, 5.74) is -0.964. The Morgan fingerprint density at radius 1 is 1.25 bits per heavy atom. The predicted molar refractivity (Wildman–Crippen MR) is 48.4 cm³/mol. The van der Waals surface area contributed by atoms with E-state index >= 15 is 0 Å². The van der Waals surface area contributed by atoms with Crippen molar-refractivity contribution in [1.82, 2.24) is 0 Å². The molecule has 1 fully saturated rings. The van der Waals surface area contributed by atoms with E-state index in [0.717, 1.165) is 25.7 Å². The van der Waals surface area contributed by atoms with Crippen LogP contribution < -0.4 is 0 Å². The van der Waals surface area contributed by atoms with Crippen LogP contribution in [-0.4, -0.2) is 11.0 Å². The number of carbonyl (C=O) groups is 1. The van der Waals surface area contributed by atoms with Crippen molar-refractivity contribution in [3.05, 3.63) is 0 Å². The Bertz CT molecular complexity index is 160. The molecule has 12 heavy (non-hydrogen) atoms. The molecule has 0 amide bonds. The molecule has 0 saturated heterocycles. The number of ether oxygens (including phenoxy) is 1. The van der Waals surface area contributed by atoms with E-state index in [9.17, 15) is 4.79 Å². The number of hydrogen-bond acceptors (Lipinski definition) is 2. The Balaban J connectivity index is 2.48. The lowest BCUT2D eigenvalue weighted by Crippen LogP contribution is -2.28. The Labute approximate surface area is 78.2 Å². The summed E-state index contributed by atoms with van der Waals surface area (Å²) in [5, 5.41) is 0. The maximum atomic E-state index is 10.6. The summed E-state index contributed by atoms with van der Waals surface area (Å²) in [6.45, 7) is 1.97. The molecule has 0 unspecified atom stereocenters. The third-order valence-electron chi connectivity index (χ3n) is 2.49. The molecule has 0 atom stereocenters. The van der Waals surface area contributed by atoms with Crippen molar-refractivity contribution in [3.8, 4) is 0 Å². The van der Waals surface area contributed by atoms with Crippen LogP contribution in [0.5, 0.6) is 0 Å². The summed E-state index contributed by atoms with van der Waals surface area (Å²) in [6, 6.07) is 0. The van der Waals surface area contributed by atoms with Gasteiger partial charge in [0.15, 0.2) is 0 Å². The SMILES string of the molecule is CC1(OC(=O)Cl)CCCCCC1. The van der Waals surface area contributed by atoms with Crippen molar-refractivity contribution >= 4 is 17.0 Å². The first kappa shape index (κ1) is 9.85. The van der Waals surface area contributed by atoms with Crippen molar-refractivity contribution < 1.29 is 9.53 Å². The Kier molecular flexibility index (Phi) is 3.39. The van der Waals surface area contributed by atoms with Crippen molar-refractivity contribution in [2.24, 2.45) is 0 Å². The maximum absolute atomic E-state index is 10.6. The molecule has 1 saturated carbocycles. The molecule has 0 radical (unpaired) electrons. The van der Waals surface area contributed by atoms with Crippen LogP contribution in [0.15, 0.2) is 0 Å². The summed E-state index contributed by atoms with van der Waals surface area (Å²) in [4.78, 5) is 10.6. The first-order valence-corrected chi connectivity index (χ1v) is 4.89. The molecule has 0 aliphatic heterocycles. The molecule has 0 aromatic rings. The molecule has 70 valence electrons. The van der Waals surface area contributed by atoms with Gasteiger partial charge in [-0.3, -0.25) is 0 Å². The minimum atomic E-state index is -0.667. The summed E-state index contributed by atoms with van der Waals surface area (Å²) in [6.07, 6.45) is 6.67. The molecule has 0 heterocycles. The van der Waals surface area contributed by atoms with Gasteiger partial charge in [-0.1, -0.05) is 12.8 Å². The molecule has 0 spiro atoms. The van der Waals surface area contributed by atoms with E-state index < -0.39 is 5.43 Å². The van der Waals surface area contributed by atoms with Crippen LogP contribution in [-0.2, 0) is 4.74 Å². The average Bonchev–Trinajstić information content (AvgIpc) is 2.12. The van der Waals surface area contributed by atoms with Gasteiger partial charge in [-0.15, -0.1) is 0 Å². The summed E-state index contributed by atoms with van der Waals surface area (Å²) in [7, 11) is 0. The van der Waals surface area contributed by atoms with E-state index in [-0.39, 0.29) is 5.60 Å². The first-order chi connectivity index (χ1) is 5.62. The third-order valence-corrected chi connectivity index (χ3v) is 2.57. The zero-order valence-electron chi connectivity index (χ0n) is 7.44. The van der Waals surface area contributed by atoms with Crippen molar-refractivity contribution in [2.45, 2.75) is 51.0 Å². The summed E-state index contributed by atoms with van der Waals surface area (Å²) in [5.74, 6) is 0. The molecule has 0 aromatic heterocycles. The number of carbonyl (C=O) groups excluding carboxylic acids is 1. The predicted octanol–water partition coefficient (Wildman–Crippen LogP) is 3.47. The molecule has 1 rings (SSSR count). The van der Waals surface area contributed by atoms with E-state index in [4.69, 9.17) is 16.3 Å².